The van der Waals surface area contributed by atoms with E-state index >= 15 is 0 Å². The molecule has 0 aliphatic rings. The van der Waals surface area contributed by atoms with Gasteiger partial charge in [0.15, 0.2) is 0 Å². The Morgan fingerprint density at radius 2 is 1.69 bits per heavy atom. The molecule has 3 aromatic rings. The van der Waals surface area contributed by atoms with E-state index in [0.717, 1.165) is 17.8 Å². The predicted octanol–water partition coefficient (Wildman–Crippen LogP) is 4.60. The minimum atomic E-state index is -0.0311. The van der Waals surface area contributed by atoms with Crippen LogP contribution in [-0.4, -0.2) is 28.9 Å². The number of hydrogen-bond donors (Lipinski definition) is 0. The van der Waals surface area contributed by atoms with Gasteiger partial charge in [-0.25, -0.2) is 4.98 Å². The van der Waals surface area contributed by atoms with Crippen molar-refractivity contribution < 1.29 is 4.79 Å². The van der Waals surface area contributed by atoms with Crippen molar-refractivity contribution in [2.24, 2.45) is 0 Å². The molecular formula is C22H22N2OS. The lowest BCUT2D eigenvalue weighted by Gasteiger charge is -2.20. The Bertz CT molecular complexity index is 843. The van der Waals surface area contributed by atoms with Crippen LogP contribution in [0.1, 0.15) is 26.6 Å². The zero-order valence-electron chi connectivity index (χ0n) is 14.7. The molecule has 1 aromatic heterocycles. The molecule has 0 saturated heterocycles. The second-order valence-corrected chi connectivity index (χ2v) is 7.01. The molecule has 0 N–H and O–H groups in total. The number of amides is 1. The molecule has 0 saturated carbocycles. The van der Waals surface area contributed by atoms with Gasteiger partial charge < -0.3 is 4.90 Å². The maximum absolute atomic E-state index is 12.8. The van der Waals surface area contributed by atoms with Gasteiger partial charge in [0.1, 0.15) is 5.69 Å². The number of thiazole rings is 1. The first-order valence-electron chi connectivity index (χ1n) is 8.68. The first kappa shape index (κ1) is 18.1. The summed E-state index contributed by atoms with van der Waals surface area (Å²) in [5, 5.41) is 2.82. The summed E-state index contributed by atoms with van der Waals surface area (Å²) < 4.78 is 0. The lowest BCUT2D eigenvalue weighted by atomic mass is 10.1. The zero-order chi connectivity index (χ0) is 18.2. The number of carbonyl (C=O) groups excluding carboxylic acids is 1. The maximum Gasteiger partial charge on any atom is 0.273 e. The van der Waals surface area contributed by atoms with Gasteiger partial charge in [-0.3, -0.25) is 4.79 Å². The Morgan fingerprint density at radius 3 is 2.35 bits per heavy atom. The van der Waals surface area contributed by atoms with Crippen LogP contribution in [-0.2, 0) is 12.8 Å². The van der Waals surface area contributed by atoms with Crippen LogP contribution in [0.3, 0.4) is 0 Å². The SMILES string of the molecule is C=CCN(CCc1ccccc1)C(=O)c1csc(Cc2ccccc2)n1. The van der Waals surface area contributed by atoms with Crippen molar-refractivity contribution in [3.05, 3.63) is 101 Å². The Labute approximate surface area is 158 Å². The van der Waals surface area contributed by atoms with Crippen LogP contribution < -0.4 is 0 Å². The fourth-order valence-corrected chi connectivity index (χ4v) is 3.57. The monoisotopic (exact) mass is 362 g/mol. The van der Waals surface area contributed by atoms with E-state index in [1.54, 1.807) is 11.0 Å². The summed E-state index contributed by atoms with van der Waals surface area (Å²) in [4.78, 5) is 19.2. The van der Waals surface area contributed by atoms with Crippen LogP contribution in [0.2, 0.25) is 0 Å². The van der Waals surface area contributed by atoms with Crippen LogP contribution in [0.4, 0.5) is 0 Å². The average molecular weight is 362 g/mol. The number of rotatable bonds is 8. The standard InChI is InChI=1S/C22H22N2OS/c1-2-14-24(15-13-18-9-5-3-6-10-18)22(25)20-17-26-21(23-20)16-19-11-7-4-8-12-19/h2-12,17H,1,13-16H2. The average Bonchev–Trinajstić information content (AvgIpc) is 3.14. The number of nitrogens with zero attached hydrogens (tertiary/aromatic N) is 2. The Kier molecular flexibility index (Phi) is 6.34. The molecule has 0 aliphatic carbocycles. The molecule has 0 fully saturated rings. The van der Waals surface area contributed by atoms with Crippen LogP contribution in [0, 0.1) is 0 Å². The highest BCUT2D eigenvalue weighted by Gasteiger charge is 2.18. The first-order valence-corrected chi connectivity index (χ1v) is 9.56. The van der Waals surface area contributed by atoms with Crippen LogP contribution in [0.25, 0.3) is 0 Å². The van der Waals surface area contributed by atoms with E-state index in [1.165, 1.54) is 22.5 Å². The Balaban J connectivity index is 1.66. The molecule has 0 aliphatic heterocycles. The zero-order valence-corrected chi connectivity index (χ0v) is 15.5. The summed E-state index contributed by atoms with van der Waals surface area (Å²) in [5.41, 5.74) is 2.95. The van der Waals surface area contributed by atoms with Crippen molar-refractivity contribution in [2.75, 3.05) is 13.1 Å². The summed E-state index contributed by atoms with van der Waals surface area (Å²) in [7, 11) is 0. The molecule has 4 heteroatoms. The lowest BCUT2D eigenvalue weighted by molar-refractivity contribution is 0.0770. The molecular weight excluding hydrogens is 340 g/mol. The van der Waals surface area contributed by atoms with Gasteiger partial charge >= 0.3 is 0 Å². The van der Waals surface area contributed by atoms with Gasteiger partial charge in [0.25, 0.3) is 5.91 Å². The molecule has 1 amide bonds. The molecule has 2 aromatic carbocycles. The molecule has 3 rings (SSSR count). The topological polar surface area (TPSA) is 33.2 Å². The number of carbonyl (C=O) groups is 1. The lowest BCUT2D eigenvalue weighted by Crippen LogP contribution is -2.33. The summed E-state index contributed by atoms with van der Waals surface area (Å²) in [6, 6.07) is 20.4. The quantitative estimate of drug-likeness (QED) is 0.549. The van der Waals surface area contributed by atoms with Gasteiger partial charge in [-0.1, -0.05) is 66.7 Å². The molecule has 0 radical (unpaired) electrons. The molecule has 3 nitrogen and oxygen atoms in total. The molecule has 0 spiro atoms. The molecule has 0 bridgehead atoms. The summed E-state index contributed by atoms with van der Waals surface area (Å²) in [6.07, 6.45) is 3.34. The second-order valence-electron chi connectivity index (χ2n) is 6.06. The highest BCUT2D eigenvalue weighted by Crippen LogP contribution is 2.16. The third-order valence-corrected chi connectivity index (χ3v) is 4.97. The Morgan fingerprint density at radius 1 is 1.04 bits per heavy atom. The summed E-state index contributed by atoms with van der Waals surface area (Å²) >= 11 is 1.54. The van der Waals surface area contributed by atoms with Crippen molar-refractivity contribution in [1.82, 2.24) is 9.88 Å². The minimum Gasteiger partial charge on any atom is -0.333 e. The van der Waals surface area contributed by atoms with Crippen LogP contribution >= 0.6 is 11.3 Å². The van der Waals surface area contributed by atoms with Gasteiger partial charge in [-0.05, 0) is 17.5 Å². The smallest absolute Gasteiger partial charge is 0.273 e. The van der Waals surface area contributed by atoms with E-state index < -0.39 is 0 Å². The van der Waals surface area contributed by atoms with Crippen molar-refractivity contribution in [3.63, 3.8) is 0 Å². The minimum absolute atomic E-state index is 0.0311. The third-order valence-electron chi connectivity index (χ3n) is 4.12. The normalized spacial score (nSPS) is 10.5. The molecule has 26 heavy (non-hydrogen) atoms. The van der Waals surface area contributed by atoms with Crippen molar-refractivity contribution >= 4 is 17.2 Å². The van der Waals surface area contributed by atoms with Gasteiger partial charge in [-0.15, -0.1) is 17.9 Å². The van der Waals surface area contributed by atoms with Crippen molar-refractivity contribution in [2.45, 2.75) is 12.8 Å². The van der Waals surface area contributed by atoms with Gasteiger partial charge in [0.05, 0.1) is 5.01 Å². The van der Waals surface area contributed by atoms with Crippen LogP contribution in [0.5, 0.6) is 0 Å². The fourth-order valence-electron chi connectivity index (χ4n) is 2.76. The van der Waals surface area contributed by atoms with Gasteiger partial charge in [-0.2, -0.15) is 0 Å². The third kappa shape index (κ3) is 4.90. The van der Waals surface area contributed by atoms with Crippen molar-refractivity contribution in [3.8, 4) is 0 Å². The Hall–Kier alpha value is -2.72. The molecule has 1 heterocycles. The van der Waals surface area contributed by atoms with Crippen molar-refractivity contribution in [1.29, 1.82) is 0 Å². The molecule has 0 unspecified atom stereocenters. The van der Waals surface area contributed by atoms with E-state index in [2.05, 4.69) is 35.8 Å². The van der Waals surface area contributed by atoms with E-state index in [0.29, 0.717) is 18.8 Å². The largest absolute Gasteiger partial charge is 0.333 e. The van der Waals surface area contributed by atoms with E-state index in [-0.39, 0.29) is 5.91 Å². The number of hydrogen-bond acceptors (Lipinski definition) is 3. The fraction of sp³-hybridized carbons (Fsp3) is 0.182. The predicted molar refractivity (Wildman–Crippen MR) is 108 cm³/mol. The summed E-state index contributed by atoms with van der Waals surface area (Å²) in [5.74, 6) is -0.0311. The first-order chi connectivity index (χ1) is 12.8. The summed E-state index contributed by atoms with van der Waals surface area (Å²) in [6.45, 7) is 4.96. The van der Waals surface area contributed by atoms with E-state index in [4.69, 9.17) is 0 Å². The number of benzene rings is 2. The highest BCUT2D eigenvalue weighted by atomic mass is 32.1. The number of aromatic nitrogens is 1. The maximum atomic E-state index is 12.8. The van der Waals surface area contributed by atoms with Gasteiger partial charge in [0, 0.05) is 24.9 Å². The van der Waals surface area contributed by atoms with E-state index in [1.807, 2.05) is 41.8 Å². The van der Waals surface area contributed by atoms with E-state index in [9.17, 15) is 4.79 Å². The highest BCUT2D eigenvalue weighted by molar-refractivity contribution is 7.09. The van der Waals surface area contributed by atoms with Crippen LogP contribution in [0.15, 0.2) is 78.7 Å². The molecule has 132 valence electrons. The molecule has 0 atom stereocenters. The second kappa shape index (κ2) is 9.11. The van der Waals surface area contributed by atoms with Gasteiger partial charge in [0.2, 0.25) is 0 Å².